The van der Waals surface area contributed by atoms with Crippen molar-refractivity contribution >= 4 is 28.7 Å². The van der Waals surface area contributed by atoms with E-state index in [-0.39, 0.29) is 11.5 Å². The van der Waals surface area contributed by atoms with Crippen molar-refractivity contribution in [2.45, 2.75) is 0 Å². The van der Waals surface area contributed by atoms with Crippen molar-refractivity contribution in [3.8, 4) is 0 Å². The molecule has 0 unspecified atom stereocenters. The van der Waals surface area contributed by atoms with Gasteiger partial charge in [-0.1, -0.05) is 36.4 Å². The topological polar surface area (TPSA) is 79.5 Å². The van der Waals surface area contributed by atoms with Gasteiger partial charge < -0.3 is 4.42 Å². The lowest BCUT2D eigenvalue weighted by molar-refractivity contribution is -0.124. The molecule has 3 rings (SSSR count). The lowest BCUT2D eigenvalue weighted by Crippen LogP contribution is -2.14. The maximum Gasteiger partial charge on any atom is 0.267 e. The highest BCUT2D eigenvalue weighted by atomic mass is 16.5. The van der Waals surface area contributed by atoms with Gasteiger partial charge in [0.2, 0.25) is 5.78 Å². The minimum atomic E-state index is -0.614. The van der Waals surface area contributed by atoms with E-state index in [2.05, 4.69) is 0 Å². The summed E-state index contributed by atoms with van der Waals surface area (Å²) in [6.07, 6.45) is 2.76. The largest absolute Gasteiger partial charge is 0.453 e. The van der Waals surface area contributed by atoms with E-state index in [0.29, 0.717) is 11.1 Å². The summed E-state index contributed by atoms with van der Waals surface area (Å²) in [5, 5.41) is 9.21. The number of fused-ring (bicyclic) bond motifs is 1. The Morgan fingerprint density at radius 1 is 1.04 bits per heavy atom. The molecule has 0 aliphatic carbocycles. The first-order valence-electron chi connectivity index (χ1n) is 6.93. The molecule has 0 saturated heterocycles. The summed E-state index contributed by atoms with van der Waals surface area (Å²) >= 11 is 0. The molecular formula is C18H13NO4. The van der Waals surface area contributed by atoms with Crippen LogP contribution in [-0.4, -0.2) is 16.9 Å². The molecule has 0 fully saturated rings. The van der Waals surface area contributed by atoms with E-state index in [1.165, 1.54) is 11.6 Å². The molecule has 2 aromatic carbocycles. The molecule has 114 valence electrons. The molecular weight excluding hydrogens is 294 g/mol. The molecule has 0 bridgehead atoms. The highest BCUT2D eigenvalue weighted by molar-refractivity contribution is 6.09. The fourth-order valence-electron chi connectivity index (χ4n) is 2.22. The van der Waals surface area contributed by atoms with Crippen LogP contribution in [0.4, 0.5) is 0 Å². The average molecular weight is 307 g/mol. The molecule has 23 heavy (non-hydrogen) atoms. The van der Waals surface area contributed by atoms with Crippen LogP contribution in [0.25, 0.3) is 17.0 Å². The maximum absolute atomic E-state index is 12.4. The van der Waals surface area contributed by atoms with Gasteiger partial charge in [0.25, 0.3) is 5.91 Å². The number of hydroxylamine groups is 1. The van der Waals surface area contributed by atoms with Gasteiger partial charge in [-0.2, -0.15) is 0 Å². The third-order valence-electron chi connectivity index (χ3n) is 3.34. The number of carbonyl (C=O) groups is 2. The van der Waals surface area contributed by atoms with E-state index in [0.717, 1.165) is 10.9 Å². The van der Waals surface area contributed by atoms with Crippen molar-refractivity contribution in [3.05, 3.63) is 77.6 Å². The van der Waals surface area contributed by atoms with Crippen molar-refractivity contribution < 1.29 is 19.2 Å². The average Bonchev–Trinajstić information content (AvgIpc) is 3.03. The summed E-state index contributed by atoms with van der Waals surface area (Å²) < 4.78 is 5.59. The Kier molecular flexibility index (Phi) is 4.03. The van der Waals surface area contributed by atoms with Gasteiger partial charge in [-0.3, -0.25) is 14.8 Å². The van der Waals surface area contributed by atoms with Gasteiger partial charge >= 0.3 is 0 Å². The highest BCUT2D eigenvalue weighted by Crippen LogP contribution is 2.23. The van der Waals surface area contributed by atoms with Gasteiger partial charge in [-0.25, -0.2) is 5.48 Å². The zero-order chi connectivity index (χ0) is 16.2. The first-order valence-corrected chi connectivity index (χ1v) is 6.93. The summed E-state index contributed by atoms with van der Waals surface area (Å²) in [5.41, 5.74) is 3.42. The number of amides is 1. The number of rotatable bonds is 4. The molecule has 0 atom stereocenters. The second-order valence-electron chi connectivity index (χ2n) is 4.91. The van der Waals surface area contributed by atoms with Crippen LogP contribution >= 0.6 is 0 Å². The maximum atomic E-state index is 12.4. The zero-order valence-electron chi connectivity index (χ0n) is 12.0. The van der Waals surface area contributed by atoms with Crippen molar-refractivity contribution in [1.29, 1.82) is 0 Å². The van der Waals surface area contributed by atoms with E-state index in [9.17, 15) is 9.59 Å². The van der Waals surface area contributed by atoms with Crippen molar-refractivity contribution in [2.75, 3.05) is 0 Å². The second-order valence-corrected chi connectivity index (χ2v) is 4.91. The van der Waals surface area contributed by atoms with Crippen LogP contribution in [-0.2, 0) is 4.79 Å². The number of hydrogen-bond acceptors (Lipinski definition) is 4. The summed E-state index contributed by atoms with van der Waals surface area (Å²) in [6.45, 7) is 0. The Labute approximate surface area is 131 Å². The Hall–Kier alpha value is -3.18. The number of benzene rings is 2. The Morgan fingerprint density at radius 2 is 1.83 bits per heavy atom. The molecule has 0 spiro atoms. The molecule has 1 amide bonds. The number of carbonyl (C=O) groups excluding carboxylic acids is 2. The van der Waals surface area contributed by atoms with Crippen LogP contribution in [0, 0.1) is 0 Å². The van der Waals surface area contributed by atoms with Crippen LogP contribution in [0.5, 0.6) is 0 Å². The summed E-state index contributed by atoms with van der Waals surface area (Å²) in [4.78, 5) is 23.4. The normalized spacial score (nSPS) is 11.0. The van der Waals surface area contributed by atoms with Crippen LogP contribution in [0.2, 0.25) is 0 Å². The predicted molar refractivity (Wildman–Crippen MR) is 85.1 cm³/mol. The minimum absolute atomic E-state index is 0.182. The van der Waals surface area contributed by atoms with Crippen LogP contribution in [0.1, 0.15) is 21.7 Å². The second kappa shape index (κ2) is 6.29. The molecule has 5 heteroatoms. The number of ketones is 1. The lowest BCUT2D eigenvalue weighted by Gasteiger charge is -1.95. The fourth-order valence-corrected chi connectivity index (χ4v) is 2.22. The van der Waals surface area contributed by atoms with E-state index in [1.54, 1.807) is 54.6 Å². The molecule has 1 aromatic heterocycles. The third kappa shape index (κ3) is 3.20. The van der Waals surface area contributed by atoms with E-state index in [1.807, 2.05) is 6.07 Å². The Morgan fingerprint density at radius 3 is 2.57 bits per heavy atom. The quantitative estimate of drug-likeness (QED) is 0.336. The van der Waals surface area contributed by atoms with Gasteiger partial charge in [-0.05, 0) is 29.8 Å². The SMILES string of the molecule is O=C(/C=C/c1ccc2oc(C(=O)c3ccccc3)cc2c1)NO. The van der Waals surface area contributed by atoms with E-state index >= 15 is 0 Å². The van der Waals surface area contributed by atoms with Gasteiger partial charge in [0, 0.05) is 17.0 Å². The molecule has 3 aromatic rings. The first kappa shape index (κ1) is 14.7. The number of nitrogens with one attached hydrogen (secondary N) is 1. The molecule has 5 nitrogen and oxygen atoms in total. The molecule has 0 saturated carbocycles. The molecule has 2 N–H and O–H groups in total. The van der Waals surface area contributed by atoms with Crippen LogP contribution < -0.4 is 5.48 Å². The number of furan rings is 1. The molecule has 1 heterocycles. The van der Waals surface area contributed by atoms with Crippen LogP contribution in [0.3, 0.4) is 0 Å². The van der Waals surface area contributed by atoms with Gasteiger partial charge in [0.05, 0.1) is 0 Å². The molecule has 0 radical (unpaired) electrons. The highest BCUT2D eigenvalue weighted by Gasteiger charge is 2.14. The fraction of sp³-hybridized carbons (Fsp3) is 0. The van der Waals surface area contributed by atoms with Crippen molar-refractivity contribution in [3.63, 3.8) is 0 Å². The molecule has 0 aliphatic heterocycles. The van der Waals surface area contributed by atoms with Gasteiger partial charge in [0.1, 0.15) is 5.58 Å². The Bertz CT molecular complexity index is 894. The first-order chi connectivity index (χ1) is 11.2. The van der Waals surface area contributed by atoms with Gasteiger partial charge in [0.15, 0.2) is 5.76 Å². The predicted octanol–water partition coefficient (Wildman–Crippen LogP) is 3.18. The van der Waals surface area contributed by atoms with Crippen LogP contribution in [0.15, 0.2) is 65.1 Å². The van der Waals surface area contributed by atoms with Crippen molar-refractivity contribution in [2.24, 2.45) is 0 Å². The molecule has 0 aliphatic rings. The zero-order valence-corrected chi connectivity index (χ0v) is 12.0. The summed E-state index contributed by atoms with van der Waals surface area (Å²) in [7, 11) is 0. The van der Waals surface area contributed by atoms with E-state index < -0.39 is 5.91 Å². The van der Waals surface area contributed by atoms with E-state index in [4.69, 9.17) is 9.62 Å². The monoisotopic (exact) mass is 307 g/mol. The summed E-state index contributed by atoms with van der Waals surface area (Å²) in [6, 6.07) is 15.9. The Balaban J connectivity index is 1.92. The standard InChI is InChI=1S/C18H13NO4/c20-17(19-22)9-7-12-6-8-15-14(10-12)11-16(23-15)18(21)13-4-2-1-3-5-13/h1-11,22H,(H,19,20)/b9-7+. The third-order valence-corrected chi connectivity index (χ3v) is 3.34. The van der Waals surface area contributed by atoms with Gasteiger partial charge in [-0.15, -0.1) is 0 Å². The minimum Gasteiger partial charge on any atom is -0.453 e. The summed E-state index contributed by atoms with van der Waals surface area (Å²) in [5.74, 6) is -0.531. The smallest absolute Gasteiger partial charge is 0.267 e. The van der Waals surface area contributed by atoms with Crippen molar-refractivity contribution in [1.82, 2.24) is 5.48 Å². The lowest BCUT2D eigenvalue weighted by atomic mass is 10.1. The number of hydrogen-bond donors (Lipinski definition) is 2.